The minimum atomic E-state index is -0.572. The van der Waals surface area contributed by atoms with E-state index in [4.69, 9.17) is 27.9 Å². The van der Waals surface area contributed by atoms with E-state index in [1.807, 2.05) is 4.90 Å². The number of carbonyl (C=O) groups is 3. The molecule has 3 rings (SSSR count). The Balaban J connectivity index is 1.77. The molecule has 0 unspecified atom stereocenters. The number of rotatable bonds is 4. The van der Waals surface area contributed by atoms with Crippen LogP contribution < -0.4 is 4.90 Å². The van der Waals surface area contributed by atoms with Crippen molar-refractivity contribution in [2.45, 2.75) is 32.2 Å². The quantitative estimate of drug-likeness (QED) is 0.576. The van der Waals surface area contributed by atoms with Gasteiger partial charge in [0.25, 0.3) is 5.91 Å². The smallest absolute Gasteiger partial charge is 0.310 e. The summed E-state index contributed by atoms with van der Waals surface area (Å²) in [6, 6.07) is 4.06. The molecule has 2 aliphatic rings. The molecule has 1 aromatic rings. The van der Waals surface area contributed by atoms with E-state index in [2.05, 4.69) is 0 Å². The topological polar surface area (TPSA) is 66.9 Å². The van der Waals surface area contributed by atoms with Crippen molar-refractivity contribution in [3.05, 3.63) is 28.2 Å². The number of nitrogens with zero attached hydrogens (tertiary/aromatic N) is 2. The molecule has 2 saturated heterocycles. The molecule has 0 bridgehead atoms. The van der Waals surface area contributed by atoms with Gasteiger partial charge in [-0.1, -0.05) is 23.2 Å². The van der Waals surface area contributed by atoms with Gasteiger partial charge in [-0.15, -0.1) is 0 Å². The Morgan fingerprint density at radius 1 is 1.23 bits per heavy atom. The third-order valence-corrected chi connectivity index (χ3v) is 5.18. The molecule has 8 heteroatoms. The van der Waals surface area contributed by atoms with Crippen LogP contribution in [0.5, 0.6) is 0 Å². The van der Waals surface area contributed by atoms with Crippen molar-refractivity contribution in [1.29, 1.82) is 0 Å². The number of piperidine rings is 1. The molecule has 2 atom stereocenters. The van der Waals surface area contributed by atoms with Crippen molar-refractivity contribution in [1.82, 2.24) is 4.90 Å². The van der Waals surface area contributed by atoms with Crippen LogP contribution >= 0.6 is 23.2 Å². The third-order valence-electron chi connectivity index (χ3n) is 4.74. The van der Waals surface area contributed by atoms with Crippen molar-refractivity contribution in [3.8, 4) is 0 Å². The van der Waals surface area contributed by atoms with Crippen molar-refractivity contribution in [3.63, 3.8) is 0 Å². The molecule has 2 aliphatic heterocycles. The summed E-state index contributed by atoms with van der Waals surface area (Å²) in [6.45, 7) is 3.20. The molecule has 0 spiro atoms. The van der Waals surface area contributed by atoms with E-state index in [1.54, 1.807) is 25.1 Å². The van der Waals surface area contributed by atoms with Crippen LogP contribution in [-0.2, 0) is 19.1 Å². The highest BCUT2D eigenvalue weighted by Crippen LogP contribution is 2.32. The summed E-state index contributed by atoms with van der Waals surface area (Å²) in [5, 5.41) is 0.716. The number of hydrogen-bond donors (Lipinski definition) is 0. The maximum absolute atomic E-state index is 12.9. The van der Waals surface area contributed by atoms with E-state index in [0.29, 0.717) is 35.4 Å². The first kappa shape index (κ1) is 19.1. The molecule has 140 valence electrons. The highest BCUT2D eigenvalue weighted by Gasteiger charge is 2.44. The number of hydrogen-bond acceptors (Lipinski definition) is 5. The van der Waals surface area contributed by atoms with Crippen LogP contribution in [0, 0.1) is 5.92 Å². The maximum Gasteiger partial charge on any atom is 0.310 e. The number of benzene rings is 1. The second-order valence-electron chi connectivity index (χ2n) is 6.50. The average Bonchev–Trinajstić information content (AvgIpc) is 2.89. The molecule has 1 aromatic carbocycles. The highest BCUT2D eigenvalue weighted by molar-refractivity contribution is 6.35. The molecular weight excluding hydrogens is 379 g/mol. The third kappa shape index (κ3) is 3.87. The number of esters is 1. The van der Waals surface area contributed by atoms with Gasteiger partial charge in [0, 0.05) is 16.6 Å². The fourth-order valence-corrected chi connectivity index (χ4v) is 4.10. The summed E-state index contributed by atoms with van der Waals surface area (Å²) < 4.78 is 5.10. The van der Waals surface area contributed by atoms with Gasteiger partial charge in [0.05, 0.1) is 30.7 Å². The summed E-state index contributed by atoms with van der Waals surface area (Å²) in [5.74, 6) is -1.11. The van der Waals surface area contributed by atoms with Crippen LogP contribution in [0.15, 0.2) is 18.2 Å². The Labute approximate surface area is 162 Å². The average molecular weight is 399 g/mol. The Morgan fingerprint density at radius 3 is 2.58 bits per heavy atom. The summed E-state index contributed by atoms with van der Waals surface area (Å²) in [6.07, 6.45) is 1.60. The number of anilines is 1. The zero-order valence-electron chi connectivity index (χ0n) is 14.4. The fourth-order valence-electron chi connectivity index (χ4n) is 3.58. The lowest BCUT2D eigenvalue weighted by Crippen LogP contribution is -2.48. The predicted molar refractivity (Wildman–Crippen MR) is 98.3 cm³/mol. The van der Waals surface area contributed by atoms with E-state index in [0.717, 1.165) is 17.7 Å². The maximum atomic E-state index is 12.9. The van der Waals surface area contributed by atoms with Crippen LogP contribution in [0.25, 0.3) is 0 Å². The lowest BCUT2D eigenvalue weighted by molar-refractivity contribution is -0.150. The van der Waals surface area contributed by atoms with Crippen molar-refractivity contribution in [2.75, 3.05) is 24.6 Å². The number of halogens is 2. The van der Waals surface area contributed by atoms with E-state index >= 15 is 0 Å². The standard InChI is InChI=1S/C18H20Cl2N2O4/c1-2-26-18(25)11-4-3-5-21(10-11)15-9-16(23)22(17(15)24)14-7-12(19)6-13(20)8-14/h6-8,11,15H,2-5,9-10H2,1H3/t11-,15+/m1/s1. The van der Waals surface area contributed by atoms with E-state index in [9.17, 15) is 14.4 Å². The molecule has 2 amide bonds. The minimum Gasteiger partial charge on any atom is -0.466 e. The summed E-state index contributed by atoms with van der Waals surface area (Å²) >= 11 is 12.0. The van der Waals surface area contributed by atoms with Crippen LogP contribution in [0.4, 0.5) is 5.69 Å². The molecule has 2 heterocycles. The monoisotopic (exact) mass is 398 g/mol. The van der Waals surface area contributed by atoms with E-state index in [1.165, 1.54) is 0 Å². The van der Waals surface area contributed by atoms with Crippen molar-refractivity contribution in [2.24, 2.45) is 5.92 Å². The SMILES string of the molecule is CCOC(=O)[C@@H]1CCCN([C@H]2CC(=O)N(c3cc(Cl)cc(Cl)c3)C2=O)C1. The highest BCUT2D eigenvalue weighted by atomic mass is 35.5. The number of carbonyl (C=O) groups excluding carboxylic acids is 3. The lowest BCUT2D eigenvalue weighted by atomic mass is 9.96. The Kier molecular flexibility index (Phi) is 5.85. The molecule has 0 aromatic heterocycles. The second kappa shape index (κ2) is 7.94. The lowest BCUT2D eigenvalue weighted by Gasteiger charge is -2.34. The van der Waals surface area contributed by atoms with Gasteiger partial charge < -0.3 is 4.74 Å². The van der Waals surface area contributed by atoms with E-state index < -0.39 is 6.04 Å². The zero-order valence-corrected chi connectivity index (χ0v) is 15.9. The fraction of sp³-hybridized carbons (Fsp3) is 0.500. The Bertz CT molecular complexity index is 720. The Hall–Kier alpha value is -1.63. The van der Waals surface area contributed by atoms with Crippen LogP contribution in [-0.4, -0.2) is 48.4 Å². The largest absolute Gasteiger partial charge is 0.466 e. The first-order chi connectivity index (χ1) is 12.4. The number of amides is 2. The second-order valence-corrected chi connectivity index (χ2v) is 7.37. The van der Waals surface area contributed by atoms with Gasteiger partial charge in [-0.2, -0.15) is 0 Å². The number of likely N-dealkylation sites (tertiary alicyclic amines) is 1. The van der Waals surface area contributed by atoms with Crippen LogP contribution in [0.2, 0.25) is 10.0 Å². The normalized spacial score (nSPS) is 24.2. The number of ether oxygens (including phenoxy) is 1. The Morgan fingerprint density at radius 2 is 1.92 bits per heavy atom. The van der Waals surface area contributed by atoms with Gasteiger partial charge in [-0.3, -0.25) is 19.3 Å². The van der Waals surface area contributed by atoms with Gasteiger partial charge in [0.1, 0.15) is 0 Å². The van der Waals surface area contributed by atoms with Gasteiger partial charge in [-0.05, 0) is 44.5 Å². The summed E-state index contributed by atoms with van der Waals surface area (Å²) in [7, 11) is 0. The molecule has 0 aliphatic carbocycles. The minimum absolute atomic E-state index is 0.0819. The van der Waals surface area contributed by atoms with Crippen molar-refractivity contribution < 1.29 is 19.1 Å². The van der Waals surface area contributed by atoms with Gasteiger partial charge in [-0.25, -0.2) is 4.90 Å². The van der Waals surface area contributed by atoms with E-state index in [-0.39, 0.29) is 30.1 Å². The molecular formula is C18H20Cl2N2O4. The molecule has 26 heavy (non-hydrogen) atoms. The molecule has 6 nitrogen and oxygen atoms in total. The van der Waals surface area contributed by atoms with Crippen LogP contribution in [0.3, 0.4) is 0 Å². The first-order valence-electron chi connectivity index (χ1n) is 8.64. The number of imide groups is 1. The van der Waals surface area contributed by atoms with Gasteiger partial charge in [0.15, 0.2) is 0 Å². The van der Waals surface area contributed by atoms with Crippen molar-refractivity contribution >= 4 is 46.7 Å². The zero-order chi connectivity index (χ0) is 18.8. The molecule has 0 radical (unpaired) electrons. The summed E-state index contributed by atoms with van der Waals surface area (Å²) in [4.78, 5) is 40.5. The van der Waals surface area contributed by atoms with Crippen LogP contribution in [0.1, 0.15) is 26.2 Å². The molecule has 0 N–H and O–H groups in total. The molecule has 2 fully saturated rings. The first-order valence-corrected chi connectivity index (χ1v) is 9.40. The summed E-state index contributed by atoms with van der Waals surface area (Å²) in [5.41, 5.74) is 0.374. The predicted octanol–water partition coefficient (Wildman–Crippen LogP) is 2.90. The van der Waals surface area contributed by atoms with Gasteiger partial charge in [0.2, 0.25) is 5.91 Å². The van der Waals surface area contributed by atoms with Gasteiger partial charge >= 0.3 is 5.97 Å². The molecule has 0 saturated carbocycles.